The average molecular weight is 292 g/mol. The zero-order chi connectivity index (χ0) is 14.7. The van der Waals surface area contributed by atoms with Gasteiger partial charge in [-0.2, -0.15) is 0 Å². The molecule has 2 fully saturated rings. The molecule has 0 radical (unpaired) electrons. The number of piperidine rings is 2. The summed E-state index contributed by atoms with van der Waals surface area (Å²) in [5, 5.41) is 3.55. The zero-order valence-electron chi connectivity index (χ0n) is 12.7. The third-order valence-corrected chi connectivity index (χ3v) is 4.73. The molecule has 1 N–H and O–H groups in total. The number of likely N-dealkylation sites (tertiary alicyclic amines) is 1. The molecule has 1 aromatic heterocycles. The second kappa shape index (κ2) is 6.20. The zero-order valence-corrected chi connectivity index (χ0v) is 12.7. The van der Waals surface area contributed by atoms with Crippen LogP contribution in [0.15, 0.2) is 16.5 Å². The van der Waals surface area contributed by atoms with E-state index in [9.17, 15) is 4.79 Å². The lowest BCUT2D eigenvalue weighted by atomic mass is 9.74. The van der Waals surface area contributed by atoms with Crippen LogP contribution in [0.25, 0.3) is 0 Å². The summed E-state index contributed by atoms with van der Waals surface area (Å²) in [6, 6.07) is 3.58. The van der Waals surface area contributed by atoms with Gasteiger partial charge in [0.2, 0.25) is 5.76 Å². The van der Waals surface area contributed by atoms with Crippen molar-refractivity contribution in [3.8, 4) is 0 Å². The van der Waals surface area contributed by atoms with Crippen LogP contribution in [0.3, 0.4) is 0 Å². The molecule has 0 amide bonds. The fourth-order valence-corrected chi connectivity index (χ4v) is 3.72. The smallest absolute Gasteiger partial charge is 0.373 e. The molecule has 5 nitrogen and oxygen atoms in total. The highest BCUT2D eigenvalue weighted by atomic mass is 16.5. The minimum Gasteiger partial charge on any atom is -0.463 e. The Hall–Kier alpha value is -1.33. The van der Waals surface area contributed by atoms with Crippen LogP contribution in [0.1, 0.15) is 42.0 Å². The number of hydrogen-bond acceptors (Lipinski definition) is 5. The van der Waals surface area contributed by atoms with Crippen molar-refractivity contribution in [2.45, 2.75) is 32.2 Å². The average Bonchev–Trinajstić information content (AvgIpc) is 2.96. The molecule has 0 bridgehead atoms. The van der Waals surface area contributed by atoms with E-state index in [1.165, 1.54) is 32.8 Å². The Morgan fingerprint density at radius 3 is 3.05 bits per heavy atom. The predicted molar refractivity (Wildman–Crippen MR) is 79.1 cm³/mol. The van der Waals surface area contributed by atoms with E-state index >= 15 is 0 Å². The van der Waals surface area contributed by atoms with Crippen molar-refractivity contribution in [1.82, 2.24) is 10.2 Å². The fourth-order valence-electron chi connectivity index (χ4n) is 3.72. The Labute approximate surface area is 125 Å². The SMILES string of the molecule is COC(=O)c1ccc(CN2CCCC3(CCCNC3)C2)o1. The lowest BCUT2D eigenvalue weighted by Crippen LogP contribution is -2.50. The minimum atomic E-state index is -0.409. The Morgan fingerprint density at radius 2 is 2.29 bits per heavy atom. The highest BCUT2D eigenvalue weighted by Crippen LogP contribution is 2.36. The summed E-state index contributed by atoms with van der Waals surface area (Å²) in [4.78, 5) is 13.9. The van der Waals surface area contributed by atoms with Crippen LogP contribution >= 0.6 is 0 Å². The van der Waals surface area contributed by atoms with E-state index in [0.29, 0.717) is 11.2 Å². The standard InChI is InChI=1S/C16H24N2O3/c1-20-15(19)14-5-4-13(21-14)10-18-9-3-7-16(12-18)6-2-8-17-11-16/h4-5,17H,2-3,6-12H2,1H3. The molecule has 1 aromatic rings. The molecule has 3 rings (SSSR count). The molecule has 116 valence electrons. The monoisotopic (exact) mass is 292 g/mol. The van der Waals surface area contributed by atoms with E-state index < -0.39 is 5.97 Å². The maximum absolute atomic E-state index is 11.4. The molecule has 21 heavy (non-hydrogen) atoms. The maximum atomic E-state index is 11.4. The van der Waals surface area contributed by atoms with Crippen molar-refractivity contribution >= 4 is 5.97 Å². The van der Waals surface area contributed by atoms with Gasteiger partial charge in [-0.15, -0.1) is 0 Å². The van der Waals surface area contributed by atoms with E-state index in [4.69, 9.17) is 4.42 Å². The molecule has 1 unspecified atom stereocenters. The lowest BCUT2D eigenvalue weighted by molar-refractivity contribution is 0.0515. The predicted octanol–water partition coefficient (Wildman–Crippen LogP) is 2.03. The Kier molecular flexibility index (Phi) is 4.31. The van der Waals surface area contributed by atoms with Gasteiger partial charge in [0.25, 0.3) is 0 Å². The van der Waals surface area contributed by atoms with Crippen LogP contribution in [0.4, 0.5) is 0 Å². The second-order valence-electron chi connectivity index (χ2n) is 6.35. The molecule has 2 saturated heterocycles. The molecule has 0 saturated carbocycles. The van der Waals surface area contributed by atoms with Crippen molar-refractivity contribution in [2.24, 2.45) is 5.41 Å². The van der Waals surface area contributed by atoms with Gasteiger partial charge >= 0.3 is 5.97 Å². The number of esters is 1. The Morgan fingerprint density at radius 1 is 1.43 bits per heavy atom. The van der Waals surface area contributed by atoms with Crippen molar-refractivity contribution in [1.29, 1.82) is 0 Å². The van der Waals surface area contributed by atoms with E-state index in [-0.39, 0.29) is 0 Å². The molecule has 5 heteroatoms. The van der Waals surface area contributed by atoms with Gasteiger partial charge in [-0.05, 0) is 56.3 Å². The summed E-state index contributed by atoms with van der Waals surface area (Å²) >= 11 is 0. The largest absolute Gasteiger partial charge is 0.463 e. The van der Waals surface area contributed by atoms with Crippen LogP contribution in [0.2, 0.25) is 0 Å². The molecule has 2 aliphatic rings. The molecule has 1 atom stereocenters. The van der Waals surface area contributed by atoms with Crippen molar-refractivity contribution in [3.05, 3.63) is 23.7 Å². The number of methoxy groups -OCH3 is 1. The van der Waals surface area contributed by atoms with Gasteiger partial charge < -0.3 is 14.5 Å². The summed E-state index contributed by atoms with van der Waals surface area (Å²) in [5.74, 6) is 0.725. The molecule has 0 aliphatic carbocycles. The van der Waals surface area contributed by atoms with E-state index in [2.05, 4.69) is 15.0 Å². The number of carbonyl (C=O) groups is 1. The van der Waals surface area contributed by atoms with Crippen LogP contribution in [0.5, 0.6) is 0 Å². The first kappa shape index (κ1) is 14.6. The molecule has 1 spiro atoms. The first-order valence-corrected chi connectivity index (χ1v) is 7.81. The summed E-state index contributed by atoms with van der Waals surface area (Å²) in [7, 11) is 1.37. The van der Waals surface area contributed by atoms with Gasteiger partial charge in [0, 0.05) is 13.1 Å². The van der Waals surface area contributed by atoms with Gasteiger partial charge in [0.15, 0.2) is 0 Å². The number of furan rings is 1. The number of ether oxygens (including phenoxy) is 1. The topological polar surface area (TPSA) is 54.7 Å². The van der Waals surface area contributed by atoms with Gasteiger partial charge in [-0.1, -0.05) is 0 Å². The highest BCUT2D eigenvalue weighted by Gasteiger charge is 2.36. The van der Waals surface area contributed by atoms with Gasteiger partial charge in [0.05, 0.1) is 13.7 Å². The van der Waals surface area contributed by atoms with E-state index in [0.717, 1.165) is 38.5 Å². The van der Waals surface area contributed by atoms with Gasteiger partial charge in [-0.25, -0.2) is 4.79 Å². The number of nitrogens with zero attached hydrogens (tertiary/aromatic N) is 1. The number of carbonyl (C=O) groups excluding carboxylic acids is 1. The Bertz CT molecular complexity index is 486. The first-order chi connectivity index (χ1) is 10.2. The highest BCUT2D eigenvalue weighted by molar-refractivity contribution is 5.86. The van der Waals surface area contributed by atoms with Crippen LogP contribution in [-0.2, 0) is 11.3 Å². The van der Waals surface area contributed by atoms with Crippen molar-refractivity contribution in [3.63, 3.8) is 0 Å². The third-order valence-electron chi connectivity index (χ3n) is 4.73. The molecular weight excluding hydrogens is 268 g/mol. The van der Waals surface area contributed by atoms with E-state index in [1.54, 1.807) is 6.07 Å². The van der Waals surface area contributed by atoms with E-state index in [1.807, 2.05) is 6.07 Å². The van der Waals surface area contributed by atoms with Crippen LogP contribution < -0.4 is 5.32 Å². The molecule has 2 aliphatic heterocycles. The number of hydrogen-bond donors (Lipinski definition) is 1. The quantitative estimate of drug-likeness (QED) is 0.864. The second-order valence-corrected chi connectivity index (χ2v) is 6.35. The summed E-state index contributed by atoms with van der Waals surface area (Å²) in [6.45, 7) is 5.29. The summed E-state index contributed by atoms with van der Waals surface area (Å²) in [6.07, 6.45) is 5.16. The normalized spacial score (nSPS) is 26.9. The van der Waals surface area contributed by atoms with Crippen LogP contribution in [-0.4, -0.2) is 44.2 Å². The fraction of sp³-hybridized carbons (Fsp3) is 0.688. The number of rotatable bonds is 3. The van der Waals surface area contributed by atoms with Gasteiger partial charge in [0.1, 0.15) is 5.76 Å². The molecule has 3 heterocycles. The summed E-state index contributed by atoms with van der Waals surface area (Å²) in [5.41, 5.74) is 0.439. The number of nitrogens with one attached hydrogen (secondary N) is 1. The Balaban J connectivity index is 1.62. The minimum absolute atomic E-state index is 0.290. The third kappa shape index (κ3) is 3.30. The van der Waals surface area contributed by atoms with Crippen molar-refractivity contribution in [2.75, 3.05) is 33.3 Å². The molecule has 0 aromatic carbocycles. The maximum Gasteiger partial charge on any atom is 0.373 e. The lowest BCUT2D eigenvalue weighted by Gasteiger charge is -2.45. The van der Waals surface area contributed by atoms with Crippen LogP contribution in [0, 0.1) is 5.41 Å². The van der Waals surface area contributed by atoms with Crippen molar-refractivity contribution < 1.29 is 13.9 Å². The first-order valence-electron chi connectivity index (χ1n) is 7.81. The molecular formula is C16H24N2O3. The summed E-state index contributed by atoms with van der Waals surface area (Å²) < 4.78 is 10.3. The van der Waals surface area contributed by atoms with Gasteiger partial charge in [-0.3, -0.25) is 4.90 Å².